The van der Waals surface area contributed by atoms with Gasteiger partial charge in [-0.25, -0.2) is 0 Å². The normalized spacial score (nSPS) is 14.2. The zero-order valence-electron chi connectivity index (χ0n) is 11.7. The van der Waals surface area contributed by atoms with Crippen molar-refractivity contribution in [3.8, 4) is 0 Å². The second-order valence-electron chi connectivity index (χ2n) is 5.04. The maximum absolute atomic E-state index is 5.77. The molecule has 0 N–H and O–H groups in total. The number of hydrogen-bond donors (Lipinski definition) is 0. The third-order valence-electron chi connectivity index (χ3n) is 3.88. The lowest BCUT2D eigenvalue weighted by atomic mass is 10.1. The van der Waals surface area contributed by atoms with Crippen LogP contribution in [0.25, 0.3) is 0 Å². The summed E-state index contributed by atoms with van der Waals surface area (Å²) in [6.07, 6.45) is 3.84. The van der Waals surface area contributed by atoms with E-state index in [-0.39, 0.29) is 0 Å². The Bertz CT molecular complexity index is 371. The molecule has 0 heterocycles. The van der Waals surface area contributed by atoms with Gasteiger partial charge in [0, 0.05) is 6.54 Å². The van der Waals surface area contributed by atoms with E-state index in [1.807, 2.05) is 0 Å². The summed E-state index contributed by atoms with van der Waals surface area (Å²) >= 11 is 0. The molecular weight excluding hydrogens is 222 g/mol. The molecule has 1 aliphatic carbocycles. The Balaban J connectivity index is 1.74. The Labute approximate surface area is 111 Å². The van der Waals surface area contributed by atoms with Gasteiger partial charge in [0.05, 0.1) is 13.2 Å². The first-order valence-corrected chi connectivity index (χ1v) is 7.24. The highest BCUT2D eigenvalue weighted by molar-refractivity contribution is 5.34. The molecule has 0 unspecified atom stereocenters. The third-order valence-corrected chi connectivity index (χ3v) is 3.88. The van der Waals surface area contributed by atoms with Crippen molar-refractivity contribution in [1.82, 2.24) is 4.90 Å². The van der Waals surface area contributed by atoms with Crippen molar-refractivity contribution in [2.75, 3.05) is 26.2 Å². The second-order valence-corrected chi connectivity index (χ2v) is 5.04. The molecule has 0 aliphatic heterocycles. The Kier molecular flexibility index (Phi) is 5.21. The Hall–Kier alpha value is -0.860. The van der Waals surface area contributed by atoms with Crippen molar-refractivity contribution in [1.29, 1.82) is 0 Å². The smallest absolute Gasteiger partial charge is 0.0717 e. The van der Waals surface area contributed by atoms with Crippen LogP contribution in [0.3, 0.4) is 0 Å². The first-order chi connectivity index (χ1) is 8.83. The first kappa shape index (κ1) is 13.6. The third kappa shape index (κ3) is 3.56. The Morgan fingerprint density at radius 3 is 2.67 bits per heavy atom. The van der Waals surface area contributed by atoms with Crippen molar-refractivity contribution in [3.63, 3.8) is 0 Å². The lowest BCUT2D eigenvalue weighted by molar-refractivity contribution is 0.0956. The molecule has 0 spiro atoms. The average Bonchev–Trinajstić information content (AvgIpc) is 2.86. The van der Waals surface area contributed by atoms with E-state index in [0.717, 1.165) is 32.8 Å². The van der Waals surface area contributed by atoms with Crippen LogP contribution in [0.5, 0.6) is 0 Å². The molecule has 100 valence electrons. The van der Waals surface area contributed by atoms with Crippen molar-refractivity contribution >= 4 is 0 Å². The van der Waals surface area contributed by atoms with E-state index < -0.39 is 0 Å². The maximum Gasteiger partial charge on any atom is 0.0717 e. The number of rotatable bonds is 7. The largest absolute Gasteiger partial charge is 0.375 e. The summed E-state index contributed by atoms with van der Waals surface area (Å²) in [5.41, 5.74) is 4.41. The van der Waals surface area contributed by atoms with Gasteiger partial charge in [0.2, 0.25) is 0 Å². The molecular formula is C16H25NO. The molecule has 0 saturated heterocycles. The zero-order valence-corrected chi connectivity index (χ0v) is 11.7. The molecule has 2 heteroatoms. The number of likely N-dealkylation sites (N-methyl/N-ethyl adjacent to an activating group) is 1. The fraction of sp³-hybridized carbons (Fsp3) is 0.625. The predicted octanol–water partition coefficient (Wildman–Crippen LogP) is 3.03. The van der Waals surface area contributed by atoms with E-state index in [9.17, 15) is 0 Å². The summed E-state index contributed by atoms with van der Waals surface area (Å²) in [4.78, 5) is 2.39. The summed E-state index contributed by atoms with van der Waals surface area (Å²) < 4.78 is 5.77. The minimum absolute atomic E-state index is 0.758. The molecule has 0 fully saturated rings. The van der Waals surface area contributed by atoms with Gasteiger partial charge in [-0.05, 0) is 49.0 Å². The van der Waals surface area contributed by atoms with Gasteiger partial charge in [-0.3, -0.25) is 0 Å². The number of hydrogen-bond acceptors (Lipinski definition) is 2. The van der Waals surface area contributed by atoms with Crippen LogP contribution in [0, 0.1) is 0 Å². The average molecular weight is 247 g/mol. The van der Waals surface area contributed by atoms with Gasteiger partial charge in [0.15, 0.2) is 0 Å². The van der Waals surface area contributed by atoms with Crippen LogP contribution in [0.2, 0.25) is 0 Å². The van der Waals surface area contributed by atoms with Crippen LogP contribution < -0.4 is 0 Å². The van der Waals surface area contributed by atoms with E-state index in [1.54, 1.807) is 11.1 Å². The van der Waals surface area contributed by atoms with Crippen molar-refractivity contribution in [3.05, 3.63) is 34.9 Å². The molecule has 1 aromatic carbocycles. The quantitative estimate of drug-likeness (QED) is 0.687. The molecule has 2 rings (SSSR count). The van der Waals surface area contributed by atoms with E-state index >= 15 is 0 Å². The van der Waals surface area contributed by atoms with Crippen LogP contribution in [-0.4, -0.2) is 31.1 Å². The van der Waals surface area contributed by atoms with E-state index in [4.69, 9.17) is 4.74 Å². The molecule has 0 radical (unpaired) electrons. The van der Waals surface area contributed by atoms with Gasteiger partial charge in [0.1, 0.15) is 0 Å². The van der Waals surface area contributed by atoms with Gasteiger partial charge in [-0.2, -0.15) is 0 Å². The van der Waals surface area contributed by atoms with Gasteiger partial charge < -0.3 is 9.64 Å². The molecule has 0 bridgehead atoms. The summed E-state index contributed by atoms with van der Waals surface area (Å²) in [5.74, 6) is 0. The van der Waals surface area contributed by atoms with Crippen LogP contribution >= 0.6 is 0 Å². The van der Waals surface area contributed by atoms with Crippen LogP contribution in [-0.2, 0) is 24.2 Å². The number of nitrogens with zero attached hydrogens (tertiary/aromatic N) is 1. The molecule has 1 aromatic rings. The van der Waals surface area contributed by atoms with Crippen LogP contribution in [0.1, 0.15) is 37.0 Å². The highest BCUT2D eigenvalue weighted by Gasteiger charge is 2.10. The van der Waals surface area contributed by atoms with Crippen LogP contribution in [0.15, 0.2) is 18.2 Å². The van der Waals surface area contributed by atoms with E-state index in [1.165, 1.54) is 24.8 Å². The second kappa shape index (κ2) is 6.91. The topological polar surface area (TPSA) is 12.5 Å². The minimum atomic E-state index is 0.758. The van der Waals surface area contributed by atoms with Crippen LogP contribution in [0.4, 0.5) is 0 Å². The van der Waals surface area contributed by atoms with Gasteiger partial charge in [0.25, 0.3) is 0 Å². The lowest BCUT2D eigenvalue weighted by Gasteiger charge is -2.17. The Morgan fingerprint density at radius 2 is 1.89 bits per heavy atom. The molecule has 0 atom stereocenters. The molecule has 0 saturated carbocycles. The summed E-state index contributed by atoms with van der Waals surface area (Å²) in [7, 11) is 0. The number of ether oxygens (including phenoxy) is 1. The summed E-state index contributed by atoms with van der Waals surface area (Å²) in [6, 6.07) is 6.84. The van der Waals surface area contributed by atoms with Gasteiger partial charge in [-0.1, -0.05) is 32.0 Å². The molecule has 18 heavy (non-hydrogen) atoms. The SMILES string of the molecule is CCN(CC)CCOCc1ccc2c(c1)CCC2. The fourth-order valence-corrected chi connectivity index (χ4v) is 2.64. The van der Waals surface area contributed by atoms with Crippen molar-refractivity contribution in [2.24, 2.45) is 0 Å². The molecule has 2 nitrogen and oxygen atoms in total. The van der Waals surface area contributed by atoms with Crippen molar-refractivity contribution in [2.45, 2.75) is 39.7 Å². The Morgan fingerprint density at radius 1 is 1.11 bits per heavy atom. The fourth-order valence-electron chi connectivity index (χ4n) is 2.64. The monoisotopic (exact) mass is 247 g/mol. The van der Waals surface area contributed by atoms with Gasteiger partial charge >= 0.3 is 0 Å². The number of aryl methyl sites for hydroxylation is 2. The first-order valence-electron chi connectivity index (χ1n) is 7.24. The number of benzene rings is 1. The highest BCUT2D eigenvalue weighted by atomic mass is 16.5. The maximum atomic E-state index is 5.77. The summed E-state index contributed by atoms with van der Waals surface area (Å²) in [5, 5.41) is 0. The minimum Gasteiger partial charge on any atom is -0.375 e. The predicted molar refractivity (Wildman–Crippen MR) is 75.9 cm³/mol. The van der Waals surface area contributed by atoms with E-state index in [0.29, 0.717) is 0 Å². The highest BCUT2D eigenvalue weighted by Crippen LogP contribution is 2.22. The standard InChI is InChI=1S/C16H25NO/c1-3-17(4-2)10-11-18-13-14-8-9-15-6-5-7-16(15)12-14/h8-9,12H,3-7,10-11,13H2,1-2H3. The lowest BCUT2D eigenvalue weighted by Crippen LogP contribution is -2.26. The summed E-state index contributed by atoms with van der Waals surface area (Å²) in [6.45, 7) is 9.25. The molecule has 1 aliphatic rings. The number of fused-ring (bicyclic) bond motifs is 1. The van der Waals surface area contributed by atoms with Crippen molar-refractivity contribution < 1.29 is 4.74 Å². The van der Waals surface area contributed by atoms with Gasteiger partial charge in [-0.15, -0.1) is 0 Å². The molecule has 0 aromatic heterocycles. The zero-order chi connectivity index (χ0) is 12.8. The molecule has 0 amide bonds. The van der Waals surface area contributed by atoms with E-state index in [2.05, 4.69) is 36.9 Å².